The minimum Gasteiger partial charge on any atom is -0.299 e. The lowest BCUT2D eigenvalue weighted by atomic mass is 10.0. The van der Waals surface area contributed by atoms with Crippen molar-refractivity contribution in [3.05, 3.63) is 35.9 Å². The molecule has 2 atom stereocenters. The maximum atomic E-state index is 6.22. The van der Waals surface area contributed by atoms with Gasteiger partial charge >= 0.3 is 0 Å². The topological polar surface area (TPSA) is 3.24 Å². The van der Waals surface area contributed by atoms with Crippen molar-refractivity contribution in [1.29, 1.82) is 0 Å². The molecule has 1 aromatic rings. The van der Waals surface area contributed by atoms with Gasteiger partial charge in [0.25, 0.3) is 0 Å². The van der Waals surface area contributed by atoms with Gasteiger partial charge in [-0.05, 0) is 30.2 Å². The average molecular weight is 270 g/mol. The van der Waals surface area contributed by atoms with E-state index >= 15 is 0 Å². The average Bonchev–Trinajstić information content (AvgIpc) is 2.72. The highest BCUT2D eigenvalue weighted by molar-refractivity contribution is 6.48. The van der Waals surface area contributed by atoms with Crippen molar-refractivity contribution < 1.29 is 0 Å². The van der Waals surface area contributed by atoms with Crippen molar-refractivity contribution in [3.63, 3.8) is 0 Å². The summed E-state index contributed by atoms with van der Waals surface area (Å²) in [5.74, 6) is 1.41. The monoisotopic (exact) mass is 269 g/mol. The van der Waals surface area contributed by atoms with Crippen LogP contribution in [0.4, 0.5) is 0 Å². The number of alkyl halides is 2. The standard InChI is InChI=1S/C14H17Cl2N/c15-14(16)6-12-9-17(10-13(12)7-14)8-11-4-2-1-3-5-11/h1-5,12-13H,6-10H2/t12-,13+. The van der Waals surface area contributed by atoms with Gasteiger partial charge in [-0.2, -0.15) is 0 Å². The molecule has 0 N–H and O–H groups in total. The van der Waals surface area contributed by atoms with E-state index in [2.05, 4.69) is 35.2 Å². The highest BCUT2D eigenvalue weighted by atomic mass is 35.5. The molecule has 0 bridgehead atoms. The van der Waals surface area contributed by atoms with Crippen molar-refractivity contribution in [2.45, 2.75) is 23.7 Å². The summed E-state index contributed by atoms with van der Waals surface area (Å²) in [5, 5.41) is 0. The quantitative estimate of drug-likeness (QED) is 0.741. The zero-order valence-electron chi connectivity index (χ0n) is 9.78. The van der Waals surface area contributed by atoms with Crippen LogP contribution < -0.4 is 0 Å². The van der Waals surface area contributed by atoms with E-state index in [1.165, 1.54) is 5.56 Å². The van der Waals surface area contributed by atoms with Gasteiger partial charge in [-0.15, -0.1) is 23.2 Å². The molecule has 0 aromatic heterocycles. The molecule has 1 heterocycles. The first-order valence-corrected chi connectivity index (χ1v) is 7.02. The predicted molar refractivity (Wildman–Crippen MR) is 72.4 cm³/mol. The minimum atomic E-state index is -0.450. The highest BCUT2D eigenvalue weighted by Gasteiger charge is 2.47. The molecule has 2 aliphatic rings. The van der Waals surface area contributed by atoms with E-state index in [9.17, 15) is 0 Å². The molecular formula is C14H17Cl2N. The van der Waals surface area contributed by atoms with Crippen LogP contribution in [0.15, 0.2) is 30.3 Å². The Hall–Kier alpha value is -0.240. The molecule has 2 fully saturated rings. The molecule has 1 saturated carbocycles. The van der Waals surface area contributed by atoms with Gasteiger partial charge in [-0.25, -0.2) is 0 Å². The van der Waals surface area contributed by atoms with Crippen LogP contribution in [-0.2, 0) is 6.54 Å². The Kier molecular flexibility index (Phi) is 3.10. The normalized spacial score (nSPS) is 31.6. The van der Waals surface area contributed by atoms with E-state index in [4.69, 9.17) is 23.2 Å². The van der Waals surface area contributed by atoms with Crippen LogP contribution in [0.3, 0.4) is 0 Å². The summed E-state index contributed by atoms with van der Waals surface area (Å²) in [6, 6.07) is 10.7. The van der Waals surface area contributed by atoms with Crippen molar-refractivity contribution in [3.8, 4) is 0 Å². The molecule has 3 rings (SSSR count). The van der Waals surface area contributed by atoms with Crippen molar-refractivity contribution in [2.75, 3.05) is 13.1 Å². The lowest BCUT2D eigenvalue weighted by Crippen LogP contribution is -2.23. The molecule has 1 aromatic carbocycles. The molecule has 0 spiro atoms. The van der Waals surface area contributed by atoms with Gasteiger partial charge in [-0.1, -0.05) is 30.3 Å². The summed E-state index contributed by atoms with van der Waals surface area (Å²) in [6.07, 6.45) is 1.93. The number of fused-ring (bicyclic) bond motifs is 1. The zero-order valence-corrected chi connectivity index (χ0v) is 11.3. The van der Waals surface area contributed by atoms with Gasteiger partial charge in [0, 0.05) is 19.6 Å². The Bertz CT molecular complexity index is 374. The van der Waals surface area contributed by atoms with E-state index in [0.717, 1.165) is 32.5 Å². The van der Waals surface area contributed by atoms with E-state index in [0.29, 0.717) is 11.8 Å². The molecule has 92 valence electrons. The number of rotatable bonds is 2. The van der Waals surface area contributed by atoms with E-state index < -0.39 is 4.33 Å². The number of nitrogens with zero attached hydrogens (tertiary/aromatic N) is 1. The van der Waals surface area contributed by atoms with Gasteiger partial charge < -0.3 is 0 Å². The largest absolute Gasteiger partial charge is 0.299 e. The third-order valence-electron chi connectivity index (χ3n) is 4.02. The minimum absolute atomic E-state index is 0.450. The fourth-order valence-electron chi connectivity index (χ4n) is 3.32. The smallest absolute Gasteiger partial charge is 0.119 e. The molecule has 1 aliphatic heterocycles. The Morgan fingerprint density at radius 3 is 2.24 bits per heavy atom. The van der Waals surface area contributed by atoms with Crippen LogP contribution in [0.1, 0.15) is 18.4 Å². The third-order valence-corrected chi connectivity index (χ3v) is 4.64. The number of hydrogen-bond donors (Lipinski definition) is 0. The van der Waals surface area contributed by atoms with Crippen molar-refractivity contribution in [1.82, 2.24) is 4.90 Å². The first-order chi connectivity index (χ1) is 8.12. The fourth-order valence-corrected chi connectivity index (χ4v) is 4.11. The highest BCUT2D eigenvalue weighted by Crippen LogP contribution is 2.49. The Morgan fingerprint density at radius 1 is 1.06 bits per heavy atom. The SMILES string of the molecule is ClC1(Cl)C[C@H]2CN(Cc3ccccc3)C[C@H]2C1. The Balaban J connectivity index is 1.60. The maximum absolute atomic E-state index is 6.22. The Labute approximate surface area is 113 Å². The van der Waals surface area contributed by atoms with E-state index in [1.54, 1.807) is 0 Å². The summed E-state index contributed by atoms with van der Waals surface area (Å²) < 4.78 is -0.450. The molecule has 17 heavy (non-hydrogen) atoms. The van der Waals surface area contributed by atoms with Crippen LogP contribution in [0.5, 0.6) is 0 Å². The number of likely N-dealkylation sites (tertiary alicyclic amines) is 1. The summed E-state index contributed by atoms with van der Waals surface area (Å²) >= 11 is 12.4. The van der Waals surface area contributed by atoms with Gasteiger partial charge in [0.15, 0.2) is 0 Å². The van der Waals surface area contributed by atoms with Gasteiger partial charge in [0.05, 0.1) is 0 Å². The summed E-state index contributed by atoms with van der Waals surface area (Å²) in [4.78, 5) is 2.54. The molecule has 0 unspecified atom stereocenters. The predicted octanol–water partition coefficient (Wildman–Crippen LogP) is 3.70. The van der Waals surface area contributed by atoms with Gasteiger partial charge in [-0.3, -0.25) is 4.90 Å². The number of halogens is 2. The first kappa shape index (κ1) is 11.8. The zero-order chi connectivity index (χ0) is 11.9. The number of hydrogen-bond acceptors (Lipinski definition) is 1. The van der Waals surface area contributed by atoms with E-state index in [1.807, 2.05) is 0 Å². The van der Waals surface area contributed by atoms with Crippen LogP contribution in [-0.4, -0.2) is 22.3 Å². The molecule has 1 saturated heterocycles. The van der Waals surface area contributed by atoms with Crippen LogP contribution in [0.2, 0.25) is 0 Å². The van der Waals surface area contributed by atoms with Gasteiger partial charge in [0.2, 0.25) is 0 Å². The lowest BCUT2D eigenvalue weighted by Gasteiger charge is -2.19. The molecule has 0 amide bonds. The first-order valence-electron chi connectivity index (χ1n) is 6.26. The van der Waals surface area contributed by atoms with Crippen LogP contribution in [0.25, 0.3) is 0 Å². The molecule has 1 nitrogen and oxygen atoms in total. The van der Waals surface area contributed by atoms with E-state index in [-0.39, 0.29) is 0 Å². The Morgan fingerprint density at radius 2 is 1.65 bits per heavy atom. The molecular weight excluding hydrogens is 253 g/mol. The molecule has 1 aliphatic carbocycles. The van der Waals surface area contributed by atoms with Crippen LogP contribution in [0, 0.1) is 11.8 Å². The molecule has 0 radical (unpaired) electrons. The van der Waals surface area contributed by atoms with Crippen molar-refractivity contribution >= 4 is 23.2 Å². The summed E-state index contributed by atoms with van der Waals surface area (Å²) in [6.45, 7) is 3.37. The van der Waals surface area contributed by atoms with Crippen LogP contribution >= 0.6 is 23.2 Å². The number of benzene rings is 1. The third kappa shape index (κ3) is 2.62. The molecule has 3 heteroatoms. The van der Waals surface area contributed by atoms with Crippen molar-refractivity contribution in [2.24, 2.45) is 11.8 Å². The second-order valence-corrected chi connectivity index (χ2v) is 7.10. The fraction of sp³-hybridized carbons (Fsp3) is 0.571. The second kappa shape index (κ2) is 4.46. The lowest BCUT2D eigenvalue weighted by molar-refractivity contribution is 0.302. The maximum Gasteiger partial charge on any atom is 0.119 e. The van der Waals surface area contributed by atoms with Gasteiger partial charge in [0.1, 0.15) is 4.33 Å². The summed E-state index contributed by atoms with van der Waals surface area (Å²) in [5.41, 5.74) is 1.40. The second-order valence-electron chi connectivity index (χ2n) is 5.46. The summed E-state index contributed by atoms with van der Waals surface area (Å²) in [7, 11) is 0.